The Labute approximate surface area is 195 Å². The van der Waals surface area contributed by atoms with E-state index in [2.05, 4.69) is 9.97 Å². The number of aromatic nitrogens is 2. The Bertz CT molecular complexity index is 1110. The van der Waals surface area contributed by atoms with E-state index in [1.807, 2.05) is 43.0 Å². The Kier molecular flexibility index (Phi) is 6.95. The van der Waals surface area contributed by atoms with Crippen LogP contribution in [0, 0.1) is 0 Å². The Balaban J connectivity index is 1.68. The normalized spacial score (nSPS) is 15.3. The second-order valence-electron chi connectivity index (χ2n) is 8.48. The predicted octanol–water partition coefficient (Wildman–Crippen LogP) is 6.40. The Morgan fingerprint density at radius 2 is 1.73 bits per heavy atom. The van der Waals surface area contributed by atoms with Gasteiger partial charge in [-0.2, -0.15) is 13.2 Å². The third-order valence-corrected chi connectivity index (χ3v) is 6.95. The van der Waals surface area contributed by atoms with Crippen LogP contribution in [0.1, 0.15) is 43.7 Å². The van der Waals surface area contributed by atoms with E-state index in [4.69, 9.17) is 0 Å². The van der Waals surface area contributed by atoms with Gasteiger partial charge in [0.05, 0.1) is 17.4 Å². The maximum Gasteiger partial charge on any atom is 0.417 e. The molecule has 4 rings (SSSR count). The lowest BCUT2D eigenvalue weighted by Gasteiger charge is -2.30. The number of aliphatic hydroxyl groups excluding tert-OH is 1. The Morgan fingerprint density at radius 1 is 1.00 bits per heavy atom. The second kappa shape index (κ2) is 9.73. The zero-order chi connectivity index (χ0) is 23.6. The molecule has 0 aliphatic carbocycles. The number of piperidine rings is 1. The van der Waals surface area contributed by atoms with Crippen LogP contribution in [0.4, 0.5) is 19.0 Å². The summed E-state index contributed by atoms with van der Waals surface area (Å²) in [6, 6.07) is 13.7. The summed E-state index contributed by atoms with van der Waals surface area (Å²) < 4.78 is 42.1. The van der Waals surface area contributed by atoms with Crippen LogP contribution in [-0.4, -0.2) is 34.3 Å². The molecule has 8 heteroatoms. The lowest BCUT2D eigenvalue weighted by Crippen LogP contribution is -2.36. The zero-order valence-electron chi connectivity index (χ0n) is 18.5. The Hall–Kier alpha value is -2.58. The number of alkyl halides is 3. The van der Waals surface area contributed by atoms with Gasteiger partial charge in [-0.15, -0.1) is 0 Å². The van der Waals surface area contributed by atoms with E-state index in [9.17, 15) is 18.3 Å². The number of benzene rings is 2. The summed E-state index contributed by atoms with van der Waals surface area (Å²) >= 11 is 1.14. The highest BCUT2D eigenvalue weighted by atomic mass is 32.2. The lowest BCUT2D eigenvalue weighted by atomic mass is 10.0. The van der Waals surface area contributed by atoms with E-state index in [0.717, 1.165) is 22.2 Å². The van der Waals surface area contributed by atoms with Crippen LogP contribution >= 0.6 is 11.8 Å². The van der Waals surface area contributed by atoms with E-state index < -0.39 is 11.7 Å². The van der Waals surface area contributed by atoms with Crippen molar-refractivity contribution in [2.75, 3.05) is 18.0 Å². The zero-order valence-corrected chi connectivity index (χ0v) is 19.3. The van der Waals surface area contributed by atoms with Gasteiger partial charge >= 0.3 is 6.18 Å². The van der Waals surface area contributed by atoms with E-state index in [1.54, 1.807) is 12.1 Å². The van der Waals surface area contributed by atoms with Crippen molar-refractivity contribution in [3.05, 3.63) is 66.0 Å². The van der Waals surface area contributed by atoms with Crippen LogP contribution in [0.25, 0.3) is 11.3 Å². The summed E-state index contributed by atoms with van der Waals surface area (Å²) in [6.07, 6.45) is -2.15. The van der Waals surface area contributed by atoms with Crippen LogP contribution in [0.2, 0.25) is 0 Å². The standard InChI is InChI=1S/C25H26F3N3OS/c1-16(2)19-5-3-4-6-22(19)33-23-8-7-17(13-20(23)25(26,27)28)21-14-24(30-15-29-21)31-11-9-18(32)10-12-31/h3-8,13-16,18,32H,9-12H2,1-2H3. The highest BCUT2D eigenvalue weighted by Crippen LogP contribution is 2.43. The SMILES string of the molecule is CC(C)c1ccccc1Sc1ccc(-c2cc(N3CCC(O)CC3)ncn2)cc1C(F)(F)F. The van der Waals surface area contributed by atoms with Gasteiger partial charge in [0.25, 0.3) is 0 Å². The number of halogens is 3. The van der Waals surface area contributed by atoms with Crippen LogP contribution in [0.15, 0.2) is 64.6 Å². The van der Waals surface area contributed by atoms with Crippen molar-refractivity contribution in [1.82, 2.24) is 9.97 Å². The van der Waals surface area contributed by atoms with Crippen LogP contribution in [0.5, 0.6) is 0 Å². The van der Waals surface area contributed by atoms with Crippen molar-refractivity contribution in [3.63, 3.8) is 0 Å². The first-order chi connectivity index (χ1) is 15.7. The third kappa shape index (κ3) is 5.50. The smallest absolute Gasteiger partial charge is 0.393 e. The number of nitrogens with zero attached hydrogens (tertiary/aromatic N) is 3. The average molecular weight is 474 g/mol. The van der Waals surface area contributed by atoms with Gasteiger partial charge in [-0.25, -0.2) is 9.97 Å². The van der Waals surface area contributed by atoms with Gasteiger partial charge in [-0.05, 0) is 42.5 Å². The van der Waals surface area contributed by atoms with Gasteiger partial charge in [-0.1, -0.05) is 49.9 Å². The quantitative estimate of drug-likeness (QED) is 0.465. The van der Waals surface area contributed by atoms with E-state index in [0.29, 0.717) is 43.0 Å². The van der Waals surface area contributed by atoms with Crippen molar-refractivity contribution in [2.45, 2.75) is 54.7 Å². The molecule has 0 amide bonds. The van der Waals surface area contributed by atoms with Crippen LogP contribution < -0.4 is 4.90 Å². The molecule has 4 nitrogen and oxygen atoms in total. The lowest BCUT2D eigenvalue weighted by molar-refractivity contribution is -0.139. The molecule has 0 atom stereocenters. The van der Waals surface area contributed by atoms with Crippen LogP contribution in [0.3, 0.4) is 0 Å². The molecule has 174 valence electrons. The van der Waals surface area contributed by atoms with Crippen molar-refractivity contribution < 1.29 is 18.3 Å². The van der Waals surface area contributed by atoms with Crippen LogP contribution in [-0.2, 0) is 6.18 Å². The minimum atomic E-state index is -4.50. The van der Waals surface area contributed by atoms with Gasteiger partial charge in [0, 0.05) is 34.5 Å². The van der Waals surface area contributed by atoms with Crippen molar-refractivity contribution in [1.29, 1.82) is 0 Å². The number of anilines is 1. The topological polar surface area (TPSA) is 49.2 Å². The fourth-order valence-electron chi connectivity index (χ4n) is 3.94. The van der Waals surface area contributed by atoms with Gasteiger partial charge in [0.15, 0.2) is 0 Å². The molecule has 0 saturated carbocycles. The van der Waals surface area contributed by atoms with E-state index >= 15 is 0 Å². The average Bonchev–Trinajstić information content (AvgIpc) is 2.79. The number of hydrogen-bond donors (Lipinski definition) is 1. The molecule has 0 bridgehead atoms. The second-order valence-corrected chi connectivity index (χ2v) is 9.57. The maximum atomic E-state index is 14.0. The summed E-state index contributed by atoms with van der Waals surface area (Å²) in [7, 11) is 0. The first-order valence-corrected chi connectivity index (χ1v) is 11.8. The highest BCUT2D eigenvalue weighted by molar-refractivity contribution is 7.99. The molecule has 2 heterocycles. The fraction of sp³-hybridized carbons (Fsp3) is 0.360. The van der Waals surface area contributed by atoms with Crippen molar-refractivity contribution in [2.24, 2.45) is 0 Å². The molecule has 33 heavy (non-hydrogen) atoms. The number of hydrogen-bond acceptors (Lipinski definition) is 5. The van der Waals surface area contributed by atoms with Gasteiger partial charge in [-0.3, -0.25) is 0 Å². The van der Waals surface area contributed by atoms with E-state index in [-0.39, 0.29) is 16.9 Å². The van der Waals surface area contributed by atoms with Crippen molar-refractivity contribution >= 4 is 17.6 Å². The summed E-state index contributed by atoms with van der Waals surface area (Å²) in [6.45, 7) is 5.36. The van der Waals surface area contributed by atoms with Crippen molar-refractivity contribution in [3.8, 4) is 11.3 Å². The Morgan fingerprint density at radius 3 is 2.42 bits per heavy atom. The summed E-state index contributed by atoms with van der Waals surface area (Å²) in [5.74, 6) is 0.863. The first-order valence-electron chi connectivity index (χ1n) is 11.0. The summed E-state index contributed by atoms with van der Waals surface area (Å²) in [4.78, 5) is 11.5. The molecule has 1 aliphatic rings. The molecule has 3 aromatic rings. The summed E-state index contributed by atoms with van der Waals surface area (Å²) in [5, 5.41) is 9.72. The molecule has 1 aliphatic heterocycles. The van der Waals surface area contributed by atoms with Gasteiger partial charge < -0.3 is 10.0 Å². The van der Waals surface area contributed by atoms with Gasteiger partial charge in [0.2, 0.25) is 0 Å². The van der Waals surface area contributed by atoms with Gasteiger partial charge in [0.1, 0.15) is 12.1 Å². The molecule has 0 radical (unpaired) electrons. The molecule has 2 aromatic carbocycles. The molecule has 0 unspecified atom stereocenters. The third-order valence-electron chi connectivity index (χ3n) is 5.78. The fourth-order valence-corrected chi connectivity index (χ4v) is 5.17. The molecule has 0 spiro atoms. The molecule has 1 aromatic heterocycles. The minimum Gasteiger partial charge on any atom is -0.393 e. The number of aliphatic hydroxyl groups is 1. The maximum absolute atomic E-state index is 14.0. The summed E-state index contributed by atoms with van der Waals surface area (Å²) in [5.41, 5.74) is 1.18. The monoisotopic (exact) mass is 473 g/mol. The molecular formula is C25H26F3N3OS. The largest absolute Gasteiger partial charge is 0.417 e. The number of rotatable bonds is 5. The molecule has 1 N–H and O–H groups in total. The first kappa shape index (κ1) is 23.6. The molecule has 1 saturated heterocycles. The highest BCUT2D eigenvalue weighted by Gasteiger charge is 2.34. The minimum absolute atomic E-state index is 0.165. The van der Waals surface area contributed by atoms with E-state index in [1.165, 1.54) is 18.5 Å². The molecule has 1 fully saturated rings. The predicted molar refractivity (Wildman–Crippen MR) is 125 cm³/mol. The molecular weight excluding hydrogens is 447 g/mol.